The molecule has 1 heterocycles. The topological polar surface area (TPSA) is 66.5 Å². The Morgan fingerprint density at radius 2 is 1.58 bits per heavy atom. The van der Waals surface area contributed by atoms with E-state index in [4.69, 9.17) is 0 Å². The lowest BCUT2D eigenvalue weighted by molar-refractivity contribution is 0.102. The van der Waals surface area contributed by atoms with Crippen molar-refractivity contribution in [1.29, 1.82) is 0 Å². The number of nitrogens with zero attached hydrogens (tertiary/aromatic N) is 1. The summed E-state index contributed by atoms with van der Waals surface area (Å²) in [6.07, 6.45) is 1.76. The average Bonchev–Trinajstić information content (AvgIpc) is 3.13. The Morgan fingerprint density at radius 3 is 2.23 bits per heavy atom. The van der Waals surface area contributed by atoms with Gasteiger partial charge in [-0.05, 0) is 74.6 Å². The number of carbonyl (C=O) groups is 1. The Balaban J connectivity index is 1.89. The molecular weight excluding hydrogens is 348 g/mol. The summed E-state index contributed by atoms with van der Waals surface area (Å²) < 4.78 is 27.0. The van der Waals surface area contributed by atoms with Crippen molar-refractivity contribution in [3.05, 3.63) is 58.7 Å². The minimum atomic E-state index is -3.54. The predicted octanol–water partition coefficient (Wildman–Crippen LogP) is 3.65. The number of sulfonamides is 1. The number of aryl methyl sites for hydroxylation is 3. The van der Waals surface area contributed by atoms with Crippen LogP contribution in [0.2, 0.25) is 0 Å². The Labute approximate surface area is 155 Å². The van der Waals surface area contributed by atoms with Crippen LogP contribution in [-0.4, -0.2) is 31.7 Å². The first-order valence-corrected chi connectivity index (χ1v) is 10.2. The van der Waals surface area contributed by atoms with Gasteiger partial charge < -0.3 is 5.32 Å². The molecule has 0 aliphatic carbocycles. The van der Waals surface area contributed by atoms with Crippen LogP contribution in [0.3, 0.4) is 0 Å². The molecule has 1 aliphatic heterocycles. The van der Waals surface area contributed by atoms with Crippen molar-refractivity contribution < 1.29 is 13.2 Å². The Bertz CT molecular complexity index is 946. The summed E-state index contributed by atoms with van der Waals surface area (Å²) in [4.78, 5) is 12.9. The van der Waals surface area contributed by atoms with E-state index in [0.717, 1.165) is 29.5 Å². The van der Waals surface area contributed by atoms with Gasteiger partial charge in [-0.1, -0.05) is 12.1 Å². The van der Waals surface area contributed by atoms with Gasteiger partial charge in [-0.15, -0.1) is 0 Å². The van der Waals surface area contributed by atoms with Crippen molar-refractivity contribution in [1.82, 2.24) is 4.31 Å². The van der Waals surface area contributed by atoms with E-state index in [1.165, 1.54) is 10.4 Å². The van der Waals surface area contributed by atoms with E-state index < -0.39 is 10.0 Å². The smallest absolute Gasteiger partial charge is 0.255 e. The molecule has 1 fully saturated rings. The van der Waals surface area contributed by atoms with Gasteiger partial charge in [-0.2, -0.15) is 4.31 Å². The minimum absolute atomic E-state index is 0.176. The van der Waals surface area contributed by atoms with Crippen LogP contribution in [0.4, 0.5) is 5.69 Å². The van der Waals surface area contributed by atoms with Gasteiger partial charge in [0.05, 0.1) is 4.90 Å². The normalized spacial score (nSPS) is 15.2. The zero-order valence-electron chi connectivity index (χ0n) is 15.4. The molecule has 2 aromatic rings. The monoisotopic (exact) mass is 372 g/mol. The molecule has 1 N–H and O–H groups in total. The highest BCUT2D eigenvalue weighted by molar-refractivity contribution is 7.89. The van der Waals surface area contributed by atoms with Crippen molar-refractivity contribution in [2.75, 3.05) is 18.4 Å². The minimum Gasteiger partial charge on any atom is -0.322 e. The molecule has 3 rings (SSSR count). The number of amides is 1. The van der Waals surface area contributed by atoms with Gasteiger partial charge in [0.25, 0.3) is 5.91 Å². The highest BCUT2D eigenvalue weighted by Crippen LogP contribution is 2.24. The van der Waals surface area contributed by atoms with Gasteiger partial charge >= 0.3 is 0 Å². The van der Waals surface area contributed by atoms with E-state index >= 15 is 0 Å². The van der Waals surface area contributed by atoms with Crippen molar-refractivity contribution in [3.8, 4) is 0 Å². The fourth-order valence-corrected chi connectivity index (χ4v) is 4.65. The van der Waals surface area contributed by atoms with Crippen molar-refractivity contribution in [3.63, 3.8) is 0 Å². The number of benzene rings is 2. The fourth-order valence-electron chi connectivity index (χ4n) is 3.10. The van der Waals surface area contributed by atoms with Crippen LogP contribution in [0, 0.1) is 20.8 Å². The van der Waals surface area contributed by atoms with Gasteiger partial charge in [-0.3, -0.25) is 4.79 Å². The van der Waals surface area contributed by atoms with Gasteiger partial charge in [-0.25, -0.2) is 8.42 Å². The molecule has 0 unspecified atom stereocenters. The molecule has 1 aliphatic rings. The quantitative estimate of drug-likeness (QED) is 0.891. The molecule has 0 aromatic heterocycles. The highest BCUT2D eigenvalue weighted by Gasteiger charge is 2.28. The lowest BCUT2D eigenvalue weighted by Gasteiger charge is -2.17. The van der Waals surface area contributed by atoms with E-state index in [1.807, 2.05) is 39.0 Å². The van der Waals surface area contributed by atoms with Gasteiger partial charge in [0.15, 0.2) is 0 Å². The largest absolute Gasteiger partial charge is 0.322 e. The second-order valence-corrected chi connectivity index (χ2v) is 8.78. The Kier molecular flexibility index (Phi) is 5.16. The summed E-state index contributed by atoms with van der Waals surface area (Å²) in [6, 6.07) is 10.5. The molecule has 0 radical (unpaired) electrons. The predicted molar refractivity (Wildman–Crippen MR) is 103 cm³/mol. The standard InChI is InChI=1S/C20H24N2O3S/c1-14-6-8-17(12-16(14)3)21-20(23)19-13-18(9-7-15(19)2)26(24,25)22-10-4-5-11-22/h6-9,12-13H,4-5,10-11H2,1-3H3,(H,21,23). The summed E-state index contributed by atoms with van der Waals surface area (Å²) in [5, 5.41) is 2.87. The molecule has 0 spiro atoms. The number of rotatable bonds is 4. The van der Waals surface area contributed by atoms with Crippen LogP contribution >= 0.6 is 0 Å². The van der Waals surface area contributed by atoms with E-state index in [9.17, 15) is 13.2 Å². The van der Waals surface area contributed by atoms with Crippen LogP contribution in [-0.2, 0) is 10.0 Å². The van der Waals surface area contributed by atoms with E-state index in [2.05, 4.69) is 5.32 Å². The van der Waals surface area contributed by atoms with Crippen molar-refractivity contribution in [2.45, 2.75) is 38.5 Å². The second-order valence-electron chi connectivity index (χ2n) is 6.84. The van der Waals surface area contributed by atoms with E-state index in [-0.39, 0.29) is 10.8 Å². The van der Waals surface area contributed by atoms with E-state index in [1.54, 1.807) is 12.1 Å². The molecule has 0 bridgehead atoms. The first-order valence-electron chi connectivity index (χ1n) is 8.78. The number of hydrogen-bond acceptors (Lipinski definition) is 3. The van der Waals surface area contributed by atoms with Crippen molar-refractivity contribution >= 4 is 21.6 Å². The summed E-state index contributed by atoms with van der Waals surface area (Å²) in [5.74, 6) is -0.302. The third-order valence-electron chi connectivity index (χ3n) is 4.92. The number of anilines is 1. The first kappa shape index (κ1) is 18.6. The molecule has 6 heteroatoms. The average molecular weight is 372 g/mol. The van der Waals surface area contributed by atoms with Gasteiger partial charge in [0, 0.05) is 24.3 Å². The van der Waals surface area contributed by atoms with Crippen LogP contribution in [0.1, 0.15) is 39.9 Å². The van der Waals surface area contributed by atoms with Crippen molar-refractivity contribution in [2.24, 2.45) is 0 Å². The third-order valence-corrected chi connectivity index (χ3v) is 6.82. The lowest BCUT2D eigenvalue weighted by Crippen LogP contribution is -2.28. The molecule has 1 amide bonds. The van der Waals surface area contributed by atoms with Gasteiger partial charge in [0.2, 0.25) is 10.0 Å². The molecule has 0 atom stereocenters. The number of nitrogens with one attached hydrogen (secondary N) is 1. The Hall–Kier alpha value is -2.18. The van der Waals surface area contributed by atoms with Crippen LogP contribution in [0.15, 0.2) is 41.3 Å². The third kappa shape index (κ3) is 3.66. The molecule has 1 saturated heterocycles. The number of hydrogen-bond donors (Lipinski definition) is 1. The molecule has 5 nitrogen and oxygen atoms in total. The fraction of sp³-hybridized carbons (Fsp3) is 0.350. The summed E-state index contributed by atoms with van der Waals surface area (Å²) in [5.41, 5.74) is 4.06. The second kappa shape index (κ2) is 7.21. The lowest BCUT2D eigenvalue weighted by atomic mass is 10.1. The SMILES string of the molecule is Cc1ccc(NC(=O)c2cc(S(=O)(=O)N3CCCC3)ccc2C)cc1C. The van der Waals surface area contributed by atoms with Crippen LogP contribution < -0.4 is 5.32 Å². The van der Waals surface area contributed by atoms with Gasteiger partial charge in [0.1, 0.15) is 0 Å². The zero-order valence-corrected chi connectivity index (χ0v) is 16.2. The Morgan fingerprint density at radius 1 is 0.923 bits per heavy atom. The van der Waals surface area contributed by atoms with Crippen LogP contribution in [0.5, 0.6) is 0 Å². The molecule has 138 valence electrons. The number of carbonyl (C=O) groups excluding carboxylic acids is 1. The van der Waals surface area contributed by atoms with E-state index in [0.29, 0.717) is 24.3 Å². The highest BCUT2D eigenvalue weighted by atomic mass is 32.2. The maximum absolute atomic E-state index is 12.8. The molecule has 0 saturated carbocycles. The molecule has 26 heavy (non-hydrogen) atoms. The van der Waals surface area contributed by atoms with Crippen LogP contribution in [0.25, 0.3) is 0 Å². The summed E-state index contributed by atoms with van der Waals surface area (Å²) in [6.45, 7) is 6.89. The zero-order chi connectivity index (χ0) is 18.9. The maximum atomic E-state index is 12.8. The summed E-state index contributed by atoms with van der Waals surface area (Å²) in [7, 11) is -3.54. The molecular formula is C20H24N2O3S. The first-order chi connectivity index (χ1) is 12.3. The molecule has 2 aromatic carbocycles. The summed E-state index contributed by atoms with van der Waals surface area (Å²) >= 11 is 0. The maximum Gasteiger partial charge on any atom is 0.255 e.